The van der Waals surface area contributed by atoms with Crippen LogP contribution >= 0.6 is 15.9 Å². The molecule has 1 fully saturated rings. The van der Waals surface area contributed by atoms with E-state index in [1.165, 1.54) is 0 Å². The van der Waals surface area contributed by atoms with Crippen molar-refractivity contribution in [2.45, 2.75) is 13.5 Å². The summed E-state index contributed by atoms with van der Waals surface area (Å²) in [6.07, 6.45) is 1.81. The molecule has 4 rings (SSSR count). The van der Waals surface area contributed by atoms with E-state index in [2.05, 4.69) is 49.9 Å². The summed E-state index contributed by atoms with van der Waals surface area (Å²) < 4.78 is 6.98. The fraction of sp³-hybridized carbons (Fsp3) is 0.412. The Morgan fingerprint density at radius 1 is 1.22 bits per heavy atom. The quantitative estimate of drug-likeness (QED) is 0.689. The van der Waals surface area contributed by atoms with Crippen LogP contribution in [-0.4, -0.2) is 53.0 Å². The first-order valence-electron chi connectivity index (χ1n) is 7.85. The molecule has 1 saturated heterocycles. The Labute approximate surface area is 143 Å². The van der Waals surface area contributed by atoms with Crippen molar-refractivity contribution in [2.75, 3.05) is 33.2 Å². The first-order valence-corrected chi connectivity index (χ1v) is 8.64. The molecule has 6 heteroatoms. The van der Waals surface area contributed by atoms with Crippen molar-refractivity contribution in [3.05, 3.63) is 34.2 Å². The Balaban J connectivity index is 1.71. The first-order chi connectivity index (χ1) is 11.1. The molecule has 1 aromatic carbocycles. The highest BCUT2D eigenvalue weighted by Crippen LogP contribution is 2.31. The second kappa shape index (κ2) is 5.85. The van der Waals surface area contributed by atoms with Crippen LogP contribution in [0.25, 0.3) is 22.1 Å². The van der Waals surface area contributed by atoms with Crippen LogP contribution in [0.4, 0.5) is 0 Å². The van der Waals surface area contributed by atoms with E-state index in [1.807, 2.05) is 6.92 Å². The molecule has 2 aromatic heterocycles. The van der Waals surface area contributed by atoms with Gasteiger partial charge in [0.1, 0.15) is 16.9 Å². The number of furan rings is 1. The molecular weight excluding hydrogens is 356 g/mol. The summed E-state index contributed by atoms with van der Waals surface area (Å²) in [5.41, 5.74) is 3.66. The van der Waals surface area contributed by atoms with Crippen molar-refractivity contribution >= 4 is 38.0 Å². The lowest BCUT2D eigenvalue weighted by Crippen LogP contribution is -2.44. The molecule has 0 spiro atoms. The Bertz CT molecular complexity index is 868. The zero-order chi connectivity index (χ0) is 16.0. The molecule has 1 aliphatic heterocycles. The maximum Gasteiger partial charge on any atom is 0.172 e. The van der Waals surface area contributed by atoms with Crippen LogP contribution in [0, 0.1) is 6.92 Å². The average Bonchev–Trinajstić information content (AvgIpc) is 2.88. The number of aromatic nitrogens is 2. The standard InChI is InChI=1S/C17H19BrN4O/c1-11-7-12(18)8-13-16-14(23-17(11)13)9-19-15(20-16)10-22-5-3-21(2)4-6-22/h7-9H,3-6,10H2,1-2H3. The van der Waals surface area contributed by atoms with Gasteiger partial charge in [0.05, 0.1) is 12.7 Å². The van der Waals surface area contributed by atoms with Crippen LogP contribution in [0.3, 0.4) is 0 Å². The van der Waals surface area contributed by atoms with E-state index in [0.717, 1.165) is 70.7 Å². The molecule has 23 heavy (non-hydrogen) atoms. The second-order valence-corrected chi connectivity index (χ2v) is 7.20. The van der Waals surface area contributed by atoms with E-state index in [0.29, 0.717) is 0 Å². The van der Waals surface area contributed by atoms with Crippen LogP contribution in [0.5, 0.6) is 0 Å². The van der Waals surface area contributed by atoms with Gasteiger partial charge in [-0.05, 0) is 31.7 Å². The van der Waals surface area contributed by atoms with Gasteiger partial charge < -0.3 is 9.32 Å². The number of hydrogen-bond acceptors (Lipinski definition) is 5. The average molecular weight is 375 g/mol. The zero-order valence-electron chi connectivity index (χ0n) is 13.3. The van der Waals surface area contributed by atoms with Crippen molar-refractivity contribution in [3.63, 3.8) is 0 Å². The molecule has 3 aromatic rings. The molecule has 0 amide bonds. The Morgan fingerprint density at radius 3 is 2.78 bits per heavy atom. The maximum atomic E-state index is 5.93. The second-order valence-electron chi connectivity index (χ2n) is 6.28. The van der Waals surface area contributed by atoms with E-state index in [9.17, 15) is 0 Å². The SMILES string of the molecule is Cc1cc(Br)cc2c1oc1cnc(CN3CCN(C)CC3)nc12. The number of halogens is 1. The number of nitrogens with zero attached hydrogens (tertiary/aromatic N) is 4. The summed E-state index contributed by atoms with van der Waals surface area (Å²) in [6.45, 7) is 7.17. The van der Waals surface area contributed by atoms with Gasteiger partial charge >= 0.3 is 0 Å². The molecule has 0 radical (unpaired) electrons. The number of piperazine rings is 1. The molecule has 0 N–H and O–H groups in total. The molecule has 5 nitrogen and oxygen atoms in total. The van der Waals surface area contributed by atoms with Crippen LogP contribution in [-0.2, 0) is 6.54 Å². The fourth-order valence-electron chi connectivity index (χ4n) is 3.11. The number of benzene rings is 1. The fourth-order valence-corrected chi connectivity index (χ4v) is 3.68. The molecule has 120 valence electrons. The predicted octanol–water partition coefficient (Wildman–Crippen LogP) is 3.19. The Morgan fingerprint density at radius 2 is 2.00 bits per heavy atom. The predicted molar refractivity (Wildman–Crippen MR) is 94.5 cm³/mol. The third kappa shape index (κ3) is 2.86. The number of hydrogen-bond donors (Lipinski definition) is 0. The molecule has 0 atom stereocenters. The summed E-state index contributed by atoms with van der Waals surface area (Å²) in [6, 6.07) is 4.13. The van der Waals surface area contributed by atoms with Gasteiger partial charge in [0.2, 0.25) is 0 Å². The van der Waals surface area contributed by atoms with Crippen LogP contribution < -0.4 is 0 Å². The van der Waals surface area contributed by atoms with Gasteiger partial charge in [0.15, 0.2) is 5.58 Å². The van der Waals surface area contributed by atoms with Gasteiger partial charge in [-0.3, -0.25) is 4.90 Å². The normalized spacial score (nSPS) is 17.3. The summed E-state index contributed by atoms with van der Waals surface area (Å²) >= 11 is 3.56. The van der Waals surface area contributed by atoms with Crippen molar-refractivity contribution in [2.24, 2.45) is 0 Å². The topological polar surface area (TPSA) is 45.4 Å². The Hall–Kier alpha value is -1.50. The minimum Gasteiger partial charge on any atom is -0.452 e. The molecule has 0 aliphatic carbocycles. The molecule has 3 heterocycles. The minimum absolute atomic E-state index is 0.753. The largest absolute Gasteiger partial charge is 0.452 e. The molecular formula is C17H19BrN4O. The summed E-state index contributed by atoms with van der Waals surface area (Å²) in [5, 5.41) is 1.05. The number of likely N-dealkylation sites (N-methyl/N-ethyl adjacent to an activating group) is 1. The lowest BCUT2D eigenvalue weighted by molar-refractivity contribution is 0.145. The summed E-state index contributed by atoms with van der Waals surface area (Å²) in [4.78, 5) is 14.0. The zero-order valence-corrected chi connectivity index (χ0v) is 14.9. The number of rotatable bonds is 2. The van der Waals surface area contributed by atoms with Gasteiger partial charge in [-0.25, -0.2) is 9.97 Å². The van der Waals surface area contributed by atoms with Gasteiger partial charge in [-0.15, -0.1) is 0 Å². The van der Waals surface area contributed by atoms with Crippen LogP contribution in [0.2, 0.25) is 0 Å². The van der Waals surface area contributed by atoms with E-state index < -0.39 is 0 Å². The van der Waals surface area contributed by atoms with Gasteiger partial charge in [-0.2, -0.15) is 0 Å². The van der Waals surface area contributed by atoms with Gasteiger partial charge in [-0.1, -0.05) is 15.9 Å². The Kier molecular flexibility index (Phi) is 3.83. The maximum absolute atomic E-state index is 5.93. The van der Waals surface area contributed by atoms with Gasteiger partial charge in [0.25, 0.3) is 0 Å². The third-order valence-electron chi connectivity index (χ3n) is 4.47. The van der Waals surface area contributed by atoms with Crippen molar-refractivity contribution < 1.29 is 4.42 Å². The molecule has 0 unspecified atom stereocenters. The van der Waals surface area contributed by atoms with E-state index in [4.69, 9.17) is 9.40 Å². The summed E-state index contributed by atoms with van der Waals surface area (Å²) in [5.74, 6) is 0.863. The third-order valence-corrected chi connectivity index (χ3v) is 4.93. The smallest absolute Gasteiger partial charge is 0.172 e. The lowest BCUT2D eigenvalue weighted by Gasteiger charge is -2.31. The van der Waals surface area contributed by atoms with Crippen molar-refractivity contribution in [1.29, 1.82) is 0 Å². The van der Waals surface area contributed by atoms with E-state index in [1.54, 1.807) is 6.20 Å². The first kappa shape index (κ1) is 15.1. The number of aryl methyl sites for hydroxylation is 1. The summed E-state index contributed by atoms with van der Waals surface area (Å²) in [7, 11) is 2.16. The minimum atomic E-state index is 0.753. The molecule has 0 bridgehead atoms. The van der Waals surface area contributed by atoms with Crippen LogP contribution in [0.15, 0.2) is 27.2 Å². The highest BCUT2D eigenvalue weighted by molar-refractivity contribution is 9.10. The van der Waals surface area contributed by atoms with Gasteiger partial charge in [0, 0.05) is 36.0 Å². The van der Waals surface area contributed by atoms with Crippen molar-refractivity contribution in [1.82, 2.24) is 19.8 Å². The monoisotopic (exact) mass is 374 g/mol. The highest BCUT2D eigenvalue weighted by atomic mass is 79.9. The lowest BCUT2D eigenvalue weighted by atomic mass is 10.1. The highest BCUT2D eigenvalue weighted by Gasteiger charge is 2.17. The number of fused-ring (bicyclic) bond motifs is 3. The van der Waals surface area contributed by atoms with E-state index in [-0.39, 0.29) is 0 Å². The van der Waals surface area contributed by atoms with E-state index >= 15 is 0 Å². The molecule has 1 aliphatic rings. The van der Waals surface area contributed by atoms with Crippen molar-refractivity contribution in [3.8, 4) is 0 Å². The van der Waals surface area contributed by atoms with Crippen LogP contribution in [0.1, 0.15) is 11.4 Å². The molecule has 0 saturated carbocycles.